The maximum Gasteiger partial charge on any atom is 0.0635 e. The van der Waals surface area contributed by atoms with Crippen molar-refractivity contribution in [2.24, 2.45) is 0 Å². The van der Waals surface area contributed by atoms with Gasteiger partial charge in [0.05, 0.1) is 6.61 Å². The predicted molar refractivity (Wildman–Crippen MR) is 74.9 cm³/mol. The molecule has 94 valence electrons. The number of benzene rings is 1. The molecule has 17 heavy (non-hydrogen) atoms. The Morgan fingerprint density at radius 2 is 1.94 bits per heavy atom. The molecule has 1 aliphatic carbocycles. The van der Waals surface area contributed by atoms with Gasteiger partial charge in [-0.1, -0.05) is 12.8 Å². The molecule has 0 bridgehead atoms. The normalized spacial score (nSPS) is 16.3. The largest absolute Gasteiger partial charge is 0.383 e. The Balaban J connectivity index is 1.80. The first-order valence-electron chi connectivity index (χ1n) is 6.38. The Morgan fingerprint density at radius 1 is 1.24 bits per heavy atom. The highest BCUT2D eigenvalue weighted by Crippen LogP contribution is 2.34. The second kappa shape index (κ2) is 6.92. The Morgan fingerprint density at radius 3 is 2.59 bits per heavy atom. The summed E-state index contributed by atoms with van der Waals surface area (Å²) in [5.74, 6) is 0. The first-order chi connectivity index (χ1) is 8.38. The van der Waals surface area contributed by atoms with Crippen LogP contribution in [0.2, 0.25) is 0 Å². The molecule has 2 nitrogen and oxygen atoms in total. The van der Waals surface area contributed by atoms with Crippen molar-refractivity contribution in [3.05, 3.63) is 24.3 Å². The summed E-state index contributed by atoms with van der Waals surface area (Å²) in [6.45, 7) is 1.62. The van der Waals surface area contributed by atoms with Crippen LogP contribution in [0.5, 0.6) is 0 Å². The van der Waals surface area contributed by atoms with Crippen LogP contribution < -0.4 is 5.32 Å². The van der Waals surface area contributed by atoms with Crippen LogP contribution >= 0.6 is 11.8 Å². The summed E-state index contributed by atoms with van der Waals surface area (Å²) in [6, 6.07) is 8.76. The minimum Gasteiger partial charge on any atom is -0.383 e. The van der Waals surface area contributed by atoms with Gasteiger partial charge in [-0.2, -0.15) is 0 Å². The lowest BCUT2D eigenvalue weighted by Gasteiger charge is -2.10. The quantitative estimate of drug-likeness (QED) is 0.777. The van der Waals surface area contributed by atoms with Gasteiger partial charge in [0.2, 0.25) is 0 Å². The highest BCUT2D eigenvalue weighted by atomic mass is 32.2. The average Bonchev–Trinajstić information content (AvgIpc) is 2.85. The summed E-state index contributed by atoms with van der Waals surface area (Å²) in [5.41, 5.74) is 1.18. The maximum atomic E-state index is 5.01. The summed E-state index contributed by atoms with van der Waals surface area (Å²) in [4.78, 5) is 1.40. The minimum atomic E-state index is 0.749. The van der Waals surface area contributed by atoms with E-state index >= 15 is 0 Å². The van der Waals surface area contributed by atoms with E-state index < -0.39 is 0 Å². The summed E-state index contributed by atoms with van der Waals surface area (Å²) in [5, 5.41) is 4.18. The zero-order valence-electron chi connectivity index (χ0n) is 10.4. The first kappa shape index (κ1) is 12.8. The molecule has 1 fully saturated rings. The molecule has 0 unspecified atom stereocenters. The highest BCUT2D eigenvalue weighted by molar-refractivity contribution is 8.00. The lowest BCUT2D eigenvalue weighted by Crippen LogP contribution is -2.07. The van der Waals surface area contributed by atoms with Gasteiger partial charge in [-0.25, -0.2) is 0 Å². The maximum absolute atomic E-state index is 5.01. The number of methoxy groups -OCH3 is 1. The molecule has 0 aromatic heterocycles. The van der Waals surface area contributed by atoms with Crippen molar-refractivity contribution in [3.63, 3.8) is 0 Å². The summed E-state index contributed by atoms with van der Waals surface area (Å²) in [7, 11) is 1.73. The van der Waals surface area contributed by atoms with Crippen LogP contribution in [0.25, 0.3) is 0 Å². The van der Waals surface area contributed by atoms with E-state index in [-0.39, 0.29) is 0 Å². The Hall–Kier alpha value is -0.670. The second-order valence-corrected chi connectivity index (χ2v) is 5.84. The first-order valence-corrected chi connectivity index (χ1v) is 7.26. The van der Waals surface area contributed by atoms with E-state index in [4.69, 9.17) is 4.74 Å². The molecular weight excluding hydrogens is 230 g/mol. The Labute approximate surface area is 108 Å². The van der Waals surface area contributed by atoms with Gasteiger partial charge in [-0.05, 0) is 37.1 Å². The topological polar surface area (TPSA) is 21.3 Å². The van der Waals surface area contributed by atoms with E-state index in [1.165, 1.54) is 36.3 Å². The summed E-state index contributed by atoms with van der Waals surface area (Å²) < 4.78 is 5.01. The number of thioether (sulfide) groups is 1. The van der Waals surface area contributed by atoms with Gasteiger partial charge in [0.25, 0.3) is 0 Å². The fourth-order valence-electron chi connectivity index (χ4n) is 2.15. The molecule has 0 saturated heterocycles. The number of anilines is 1. The van der Waals surface area contributed by atoms with Crippen LogP contribution in [0.4, 0.5) is 5.69 Å². The predicted octanol–water partition coefficient (Wildman–Crippen LogP) is 3.78. The van der Waals surface area contributed by atoms with E-state index in [1.54, 1.807) is 7.11 Å². The molecular formula is C14H21NOS. The van der Waals surface area contributed by atoms with E-state index in [9.17, 15) is 0 Å². The monoisotopic (exact) mass is 251 g/mol. The number of nitrogens with one attached hydrogen (secondary N) is 1. The summed E-state index contributed by atoms with van der Waals surface area (Å²) >= 11 is 2.04. The fourth-order valence-corrected chi connectivity index (χ4v) is 3.39. The van der Waals surface area contributed by atoms with Crippen molar-refractivity contribution in [2.75, 3.05) is 25.6 Å². The van der Waals surface area contributed by atoms with Crippen LogP contribution in [-0.4, -0.2) is 25.5 Å². The van der Waals surface area contributed by atoms with Crippen molar-refractivity contribution in [3.8, 4) is 0 Å². The van der Waals surface area contributed by atoms with Crippen LogP contribution in [-0.2, 0) is 4.74 Å². The van der Waals surface area contributed by atoms with Crippen molar-refractivity contribution in [2.45, 2.75) is 35.8 Å². The lowest BCUT2D eigenvalue weighted by atomic mass is 10.3. The third-order valence-electron chi connectivity index (χ3n) is 3.09. The van der Waals surface area contributed by atoms with Gasteiger partial charge in [-0.3, -0.25) is 0 Å². The molecule has 0 heterocycles. The van der Waals surface area contributed by atoms with Gasteiger partial charge in [-0.15, -0.1) is 11.8 Å². The molecule has 1 aliphatic rings. The average molecular weight is 251 g/mol. The SMILES string of the molecule is COCCNc1ccc(SC2CCCC2)cc1. The van der Waals surface area contributed by atoms with Crippen LogP contribution in [0.3, 0.4) is 0 Å². The molecule has 0 radical (unpaired) electrons. The smallest absolute Gasteiger partial charge is 0.0635 e. The number of hydrogen-bond acceptors (Lipinski definition) is 3. The van der Waals surface area contributed by atoms with Gasteiger partial charge in [0.15, 0.2) is 0 Å². The van der Waals surface area contributed by atoms with Gasteiger partial charge >= 0.3 is 0 Å². The van der Waals surface area contributed by atoms with E-state index in [0.717, 1.165) is 18.4 Å². The molecule has 0 amide bonds. The Kier molecular flexibility index (Phi) is 5.20. The van der Waals surface area contributed by atoms with Crippen molar-refractivity contribution >= 4 is 17.4 Å². The molecule has 1 aromatic rings. The van der Waals surface area contributed by atoms with Crippen molar-refractivity contribution in [1.29, 1.82) is 0 Å². The van der Waals surface area contributed by atoms with E-state index in [2.05, 4.69) is 29.6 Å². The van der Waals surface area contributed by atoms with Crippen LogP contribution in [0, 0.1) is 0 Å². The zero-order chi connectivity index (χ0) is 11.9. The number of hydrogen-bond donors (Lipinski definition) is 1. The van der Waals surface area contributed by atoms with Gasteiger partial charge in [0.1, 0.15) is 0 Å². The van der Waals surface area contributed by atoms with Crippen molar-refractivity contribution in [1.82, 2.24) is 0 Å². The highest BCUT2D eigenvalue weighted by Gasteiger charge is 2.15. The third kappa shape index (κ3) is 4.25. The molecule has 1 aromatic carbocycles. The van der Waals surface area contributed by atoms with Crippen molar-refractivity contribution < 1.29 is 4.74 Å². The standard InChI is InChI=1S/C14H21NOS/c1-16-11-10-15-12-6-8-14(9-7-12)17-13-4-2-3-5-13/h6-9,13,15H,2-5,10-11H2,1H3. The molecule has 0 atom stereocenters. The molecule has 0 spiro atoms. The molecule has 0 aliphatic heterocycles. The second-order valence-electron chi connectivity index (χ2n) is 4.47. The fraction of sp³-hybridized carbons (Fsp3) is 0.571. The number of ether oxygens (including phenoxy) is 1. The van der Waals surface area contributed by atoms with E-state index in [1.807, 2.05) is 11.8 Å². The molecule has 1 saturated carbocycles. The lowest BCUT2D eigenvalue weighted by molar-refractivity contribution is 0.211. The molecule has 1 N–H and O–H groups in total. The molecule has 2 rings (SSSR count). The number of rotatable bonds is 6. The van der Waals surface area contributed by atoms with E-state index in [0.29, 0.717) is 0 Å². The zero-order valence-corrected chi connectivity index (χ0v) is 11.3. The van der Waals surface area contributed by atoms with Crippen LogP contribution in [0.1, 0.15) is 25.7 Å². The minimum absolute atomic E-state index is 0.749. The van der Waals surface area contributed by atoms with Crippen LogP contribution in [0.15, 0.2) is 29.2 Å². The Bertz CT molecular complexity index is 319. The van der Waals surface area contributed by atoms with Gasteiger partial charge in [0, 0.05) is 29.5 Å². The van der Waals surface area contributed by atoms with Gasteiger partial charge < -0.3 is 10.1 Å². The molecule has 3 heteroatoms. The summed E-state index contributed by atoms with van der Waals surface area (Å²) in [6.07, 6.45) is 5.60. The third-order valence-corrected chi connectivity index (χ3v) is 4.44.